The van der Waals surface area contributed by atoms with Crippen molar-refractivity contribution in [3.05, 3.63) is 65.0 Å². The third-order valence-corrected chi connectivity index (χ3v) is 7.63. The summed E-state index contributed by atoms with van der Waals surface area (Å²) in [6.45, 7) is 7.11. The van der Waals surface area contributed by atoms with Gasteiger partial charge in [-0.05, 0) is 56.7 Å². The molecule has 0 N–H and O–H groups in total. The predicted molar refractivity (Wildman–Crippen MR) is 138 cm³/mol. The van der Waals surface area contributed by atoms with Crippen LogP contribution in [0.15, 0.2) is 43.1 Å². The summed E-state index contributed by atoms with van der Waals surface area (Å²) in [5, 5.41) is 9.40. The average molecular weight is 505 g/mol. The summed E-state index contributed by atoms with van der Waals surface area (Å²) in [5.74, 6) is 1.64. The van der Waals surface area contributed by atoms with Crippen LogP contribution in [0.4, 0.5) is 5.82 Å². The number of benzene rings is 1. The number of amides is 1. The van der Waals surface area contributed by atoms with Crippen LogP contribution < -0.4 is 4.90 Å². The number of hydrogen-bond donors (Lipinski definition) is 0. The molecule has 6 rings (SSSR count). The smallest absolute Gasteiger partial charge is 0.255 e. The molecule has 0 bridgehead atoms. The number of fused-ring (bicyclic) bond motifs is 1. The third-order valence-electron chi connectivity index (χ3n) is 7.32. The maximum atomic E-state index is 13.7. The van der Waals surface area contributed by atoms with Gasteiger partial charge in [0.15, 0.2) is 5.65 Å². The lowest BCUT2D eigenvalue weighted by Gasteiger charge is -2.35. The number of halogens is 1. The topological polar surface area (TPSA) is 84.4 Å². The van der Waals surface area contributed by atoms with Crippen molar-refractivity contribution in [1.29, 1.82) is 0 Å². The zero-order chi connectivity index (χ0) is 24.8. The number of anilines is 1. The van der Waals surface area contributed by atoms with Gasteiger partial charge < -0.3 is 9.80 Å². The second kappa shape index (κ2) is 9.20. The van der Waals surface area contributed by atoms with Crippen LogP contribution in [0.3, 0.4) is 0 Å². The minimum absolute atomic E-state index is 0.0808. The van der Waals surface area contributed by atoms with Gasteiger partial charge >= 0.3 is 0 Å². The first-order chi connectivity index (χ1) is 17.5. The maximum absolute atomic E-state index is 13.7. The van der Waals surface area contributed by atoms with Crippen molar-refractivity contribution in [3.8, 4) is 5.69 Å². The van der Waals surface area contributed by atoms with E-state index < -0.39 is 0 Å². The second-order valence-corrected chi connectivity index (χ2v) is 10.4. The Morgan fingerprint density at radius 3 is 2.78 bits per heavy atom. The Kier molecular flexibility index (Phi) is 5.87. The fraction of sp³-hybridized carbons (Fsp3) is 0.423. The van der Waals surface area contributed by atoms with Crippen molar-refractivity contribution in [2.45, 2.75) is 45.6 Å². The molecule has 36 heavy (non-hydrogen) atoms. The normalized spacial score (nSPS) is 20.4. The predicted octanol–water partition coefficient (Wildman–Crippen LogP) is 4.49. The number of carbonyl (C=O) groups is 1. The molecule has 0 saturated carbocycles. The molecule has 4 aromatic rings. The van der Waals surface area contributed by atoms with Crippen LogP contribution in [0.1, 0.15) is 60.3 Å². The van der Waals surface area contributed by atoms with Crippen molar-refractivity contribution in [2.24, 2.45) is 5.92 Å². The Morgan fingerprint density at radius 2 is 2.03 bits per heavy atom. The Morgan fingerprint density at radius 1 is 1.14 bits per heavy atom. The molecule has 9 nitrogen and oxygen atoms in total. The summed E-state index contributed by atoms with van der Waals surface area (Å²) in [6, 6.07) is 7.28. The van der Waals surface area contributed by atoms with Crippen LogP contribution in [-0.2, 0) is 0 Å². The quantitative estimate of drug-likeness (QED) is 0.407. The van der Waals surface area contributed by atoms with Gasteiger partial charge in [0.2, 0.25) is 0 Å². The van der Waals surface area contributed by atoms with Gasteiger partial charge in [0.25, 0.3) is 5.91 Å². The van der Waals surface area contributed by atoms with E-state index in [0.717, 1.165) is 60.8 Å². The summed E-state index contributed by atoms with van der Waals surface area (Å²) < 4.78 is 3.47. The van der Waals surface area contributed by atoms with Gasteiger partial charge in [-0.3, -0.25) is 4.79 Å². The Balaban J connectivity index is 1.30. The van der Waals surface area contributed by atoms with Gasteiger partial charge in [-0.25, -0.2) is 19.2 Å². The highest BCUT2D eigenvalue weighted by molar-refractivity contribution is 6.34. The highest BCUT2D eigenvalue weighted by Crippen LogP contribution is 2.34. The number of hydrogen-bond acceptors (Lipinski definition) is 6. The van der Waals surface area contributed by atoms with E-state index in [2.05, 4.69) is 35.0 Å². The summed E-state index contributed by atoms with van der Waals surface area (Å²) in [6.07, 6.45) is 9.17. The number of likely N-dealkylation sites (tertiary alicyclic amines) is 1. The molecule has 3 aromatic heterocycles. The van der Waals surface area contributed by atoms with Gasteiger partial charge in [0.05, 0.1) is 28.0 Å². The average Bonchev–Trinajstić information content (AvgIpc) is 3.64. The Hall–Kier alpha value is -3.46. The zero-order valence-electron chi connectivity index (χ0n) is 20.5. The van der Waals surface area contributed by atoms with Crippen molar-refractivity contribution in [1.82, 2.24) is 34.3 Å². The molecule has 2 aliphatic heterocycles. The summed E-state index contributed by atoms with van der Waals surface area (Å²) in [5.41, 5.74) is 4.04. The molecular weight excluding hydrogens is 476 g/mol. The SMILES string of the molecule is Cc1cn2nc([C@@H]3CCCCN3C(=O)c3ccc(-n4cncn4)cc3Cl)cc2nc1N1CC[C@H](C)C1. The number of rotatable bonds is 4. The van der Waals surface area contributed by atoms with Crippen LogP contribution >= 0.6 is 11.6 Å². The lowest BCUT2D eigenvalue weighted by Crippen LogP contribution is -2.38. The summed E-state index contributed by atoms with van der Waals surface area (Å²) in [7, 11) is 0. The Labute approximate surface area is 214 Å². The molecule has 0 unspecified atom stereocenters. The van der Waals surface area contributed by atoms with Crippen molar-refractivity contribution in [2.75, 3.05) is 24.5 Å². The molecule has 1 amide bonds. The number of nitrogens with zero attached hydrogens (tertiary/aromatic N) is 8. The molecule has 0 aliphatic carbocycles. The molecule has 0 radical (unpaired) electrons. The van der Waals surface area contributed by atoms with E-state index in [0.29, 0.717) is 23.0 Å². The van der Waals surface area contributed by atoms with Crippen LogP contribution in [-0.4, -0.2) is 59.8 Å². The van der Waals surface area contributed by atoms with Gasteiger partial charge in [0, 0.05) is 37.5 Å². The number of piperidine rings is 1. The van der Waals surface area contributed by atoms with Crippen molar-refractivity contribution < 1.29 is 4.79 Å². The van der Waals surface area contributed by atoms with E-state index in [-0.39, 0.29) is 11.9 Å². The highest BCUT2D eigenvalue weighted by Gasteiger charge is 2.32. The largest absolute Gasteiger partial charge is 0.356 e. The van der Waals surface area contributed by atoms with Gasteiger partial charge in [0.1, 0.15) is 18.5 Å². The molecule has 2 aliphatic rings. The minimum atomic E-state index is -0.116. The molecule has 186 valence electrons. The molecular formula is C26H29ClN8O. The highest BCUT2D eigenvalue weighted by atomic mass is 35.5. The monoisotopic (exact) mass is 504 g/mol. The minimum Gasteiger partial charge on any atom is -0.356 e. The summed E-state index contributed by atoms with van der Waals surface area (Å²) >= 11 is 6.58. The molecule has 1 aromatic carbocycles. The maximum Gasteiger partial charge on any atom is 0.255 e. The van der Waals surface area contributed by atoms with E-state index in [1.165, 1.54) is 12.7 Å². The summed E-state index contributed by atoms with van der Waals surface area (Å²) in [4.78, 5) is 26.9. The standard InChI is InChI=1S/C26H29ClN8O/c1-17-8-10-32(13-17)25-18(2)14-34-24(30-25)12-22(31-34)23-5-3-4-9-33(23)26(36)20-7-6-19(11-21(20)27)35-16-28-15-29-35/h6-7,11-12,14-17,23H,3-5,8-10,13H2,1-2H3/t17-,23-/m0/s1. The molecule has 2 fully saturated rings. The zero-order valence-corrected chi connectivity index (χ0v) is 21.3. The van der Waals surface area contributed by atoms with E-state index in [1.54, 1.807) is 23.1 Å². The second-order valence-electron chi connectivity index (χ2n) is 9.97. The fourth-order valence-corrected chi connectivity index (χ4v) is 5.68. The van der Waals surface area contributed by atoms with Crippen LogP contribution in [0.5, 0.6) is 0 Å². The van der Waals surface area contributed by atoms with Crippen LogP contribution in [0, 0.1) is 12.8 Å². The van der Waals surface area contributed by atoms with Gasteiger partial charge in [-0.1, -0.05) is 18.5 Å². The third kappa shape index (κ3) is 4.11. The molecule has 0 spiro atoms. The molecule has 5 heterocycles. The van der Waals surface area contributed by atoms with Crippen molar-refractivity contribution in [3.63, 3.8) is 0 Å². The Bertz CT molecular complexity index is 1420. The van der Waals surface area contributed by atoms with Gasteiger partial charge in [-0.15, -0.1) is 0 Å². The lowest BCUT2D eigenvalue weighted by molar-refractivity contribution is 0.0606. The first-order valence-electron chi connectivity index (χ1n) is 12.6. The number of carbonyl (C=O) groups excluding carboxylic acids is 1. The first kappa shape index (κ1) is 23.0. The van der Waals surface area contributed by atoms with Crippen LogP contribution in [0.25, 0.3) is 11.3 Å². The number of aromatic nitrogens is 6. The van der Waals surface area contributed by atoms with Crippen molar-refractivity contribution >= 4 is 29.0 Å². The van der Waals surface area contributed by atoms with E-state index in [1.807, 2.05) is 21.5 Å². The lowest BCUT2D eigenvalue weighted by atomic mass is 9.98. The van der Waals surface area contributed by atoms with Crippen LogP contribution in [0.2, 0.25) is 5.02 Å². The van der Waals surface area contributed by atoms with E-state index in [9.17, 15) is 4.79 Å². The fourth-order valence-electron chi connectivity index (χ4n) is 5.43. The molecule has 10 heteroatoms. The number of aryl methyl sites for hydroxylation is 1. The van der Waals surface area contributed by atoms with E-state index in [4.69, 9.17) is 21.7 Å². The van der Waals surface area contributed by atoms with Gasteiger partial charge in [-0.2, -0.15) is 10.2 Å². The first-order valence-corrected chi connectivity index (χ1v) is 12.9. The molecule has 2 saturated heterocycles. The van der Waals surface area contributed by atoms with E-state index >= 15 is 0 Å². The molecule has 2 atom stereocenters.